The number of aliphatic imine (C=N–C) groups is 1. The van der Waals surface area contributed by atoms with Crippen molar-refractivity contribution in [2.45, 2.75) is 82.8 Å². The summed E-state index contributed by atoms with van der Waals surface area (Å²) in [5.74, 6) is 0.729. The van der Waals surface area contributed by atoms with Gasteiger partial charge in [-0.3, -0.25) is 9.79 Å². The lowest BCUT2D eigenvalue weighted by atomic mass is 9.95. The molecule has 26 heavy (non-hydrogen) atoms. The van der Waals surface area contributed by atoms with Crippen LogP contribution in [0.15, 0.2) is 4.99 Å². The molecule has 2 fully saturated rings. The third-order valence-corrected chi connectivity index (χ3v) is 5.13. The van der Waals surface area contributed by atoms with Gasteiger partial charge >= 0.3 is 0 Å². The molecular formula is C19H37IN4O2. The van der Waals surface area contributed by atoms with Gasteiger partial charge in [0, 0.05) is 26.2 Å². The van der Waals surface area contributed by atoms with E-state index in [9.17, 15) is 4.79 Å². The molecule has 2 aliphatic rings. The lowest BCUT2D eigenvalue weighted by Crippen LogP contribution is -2.46. The Balaban J connectivity index is 0.00000338. The molecule has 7 heteroatoms. The van der Waals surface area contributed by atoms with E-state index in [1.165, 1.54) is 51.4 Å². The molecule has 3 N–H and O–H groups in total. The summed E-state index contributed by atoms with van der Waals surface area (Å²) in [5, 5.41) is 9.44. The molecule has 0 heterocycles. The van der Waals surface area contributed by atoms with Gasteiger partial charge < -0.3 is 20.7 Å². The number of hydrogen-bond donors (Lipinski definition) is 3. The molecule has 0 aliphatic heterocycles. The van der Waals surface area contributed by atoms with Gasteiger partial charge in [0.2, 0.25) is 5.91 Å². The number of carbonyl (C=O) groups excluding carboxylic acids is 1. The SMILES string of the molecule is CN=C(NCCCOC1CCCCC1)NCC(=O)NC1CCCCC1.I. The van der Waals surface area contributed by atoms with Crippen LogP contribution >= 0.6 is 24.0 Å². The number of amides is 1. The number of nitrogens with one attached hydrogen (secondary N) is 3. The summed E-state index contributed by atoms with van der Waals surface area (Å²) in [4.78, 5) is 16.2. The maximum atomic E-state index is 12.0. The monoisotopic (exact) mass is 480 g/mol. The number of guanidine groups is 1. The minimum atomic E-state index is 0. The molecule has 0 radical (unpaired) electrons. The zero-order valence-electron chi connectivity index (χ0n) is 16.2. The number of ether oxygens (including phenoxy) is 1. The second-order valence-corrected chi connectivity index (χ2v) is 7.24. The lowest BCUT2D eigenvalue weighted by Gasteiger charge is -2.23. The highest BCUT2D eigenvalue weighted by Gasteiger charge is 2.16. The van der Waals surface area contributed by atoms with E-state index in [2.05, 4.69) is 20.9 Å². The summed E-state index contributed by atoms with van der Waals surface area (Å²) in [7, 11) is 1.73. The normalized spacial score (nSPS) is 19.5. The van der Waals surface area contributed by atoms with Gasteiger partial charge in [-0.05, 0) is 32.1 Å². The first-order valence-electron chi connectivity index (χ1n) is 10.1. The molecule has 152 valence electrons. The van der Waals surface area contributed by atoms with E-state index in [1.807, 2.05) is 0 Å². The van der Waals surface area contributed by atoms with Crippen LogP contribution in [0.3, 0.4) is 0 Å². The van der Waals surface area contributed by atoms with Crippen LogP contribution < -0.4 is 16.0 Å². The second kappa shape index (κ2) is 14.5. The first-order chi connectivity index (χ1) is 12.3. The molecule has 0 spiro atoms. The molecule has 0 aromatic heterocycles. The largest absolute Gasteiger partial charge is 0.378 e. The zero-order valence-corrected chi connectivity index (χ0v) is 18.6. The van der Waals surface area contributed by atoms with Gasteiger partial charge in [0.1, 0.15) is 0 Å². The maximum Gasteiger partial charge on any atom is 0.239 e. The van der Waals surface area contributed by atoms with Crippen molar-refractivity contribution in [3.63, 3.8) is 0 Å². The molecule has 0 aromatic carbocycles. The van der Waals surface area contributed by atoms with Crippen LogP contribution in [0.5, 0.6) is 0 Å². The van der Waals surface area contributed by atoms with Gasteiger partial charge in [0.05, 0.1) is 12.6 Å². The Kier molecular flexibility index (Phi) is 13.1. The molecule has 2 saturated carbocycles. The van der Waals surface area contributed by atoms with E-state index in [0.29, 0.717) is 18.1 Å². The lowest BCUT2D eigenvalue weighted by molar-refractivity contribution is -0.120. The smallest absolute Gasteiger partial charge is 0.239 e. The predicted molar refractivity (Wildman–Crippen MR) is 117 cm³/mol. The highest BCUT2D eigenvalue weighted by atomic mass is 127. The number of rotatable bonds is 8. The Bertz CT molecular complexity index is 408. The van der Waals surface area contributed by atoms with E-state index in [4.69, 9.17) is 4.74 Å². The average Bonchev–Trinajstić information content (AvgIpc) is 2.65. The third kappa shape index (κ3) is 9.94. The highest BCUT2D eigenvalue weighted by molar-refractivity contribution is 14.0. The molecule has 0 atom stereocenters. The van der Waals surface area contributed by atoms with Crippen molar-refractivity contribution in [2.24, 2.45) is 4.99 Å². The van der Waals surface area contributed by atoms with Crippen molar-refractivity contribution in [3.8, 4) is 0 Å². The minimum absolute atomic E-state index is 0. The van der Waals surface area contributed by atoms with Crippen molar-refractivity contribution in [2.75, 3.05) is 26.7 Å². The van der Waals surface area contributed by atoms with Gasteiger partial charge in [-0.15, -0.1) is 24.0 Å². The number of carbonyl (C=O) groups is 1. The Hall–Kier alpha value is -0.570. The summed E-state index contributed by atoms with van der Waals surface area (Å²) in [6.45, 7) is 1.86. The van der Waals surface area contributed by atoms with Gasteiger partial charge in [0.25, 0.3) is 0 Å². The molecule has 0 aromatic rings. The summed E-state index contributed by atoms with van der Waals surface area (Å²) in [5.41, 5.74) is 0. The van der Waals surface area contributed by atoms with E-state index in [-0.39, 0.29) is 36.4 Å². The van der Waals surface area contributed by atoms with Crippen molar-refractivity contribution >= 4 is 35.8 Å². The van der Waals surface area contributed by atoms with E-state index >= 15 is 0 Å². The first kappa shape index (κ1) is 23.5. The van der Waals surface area contributed by atoms with Crippen molar-refractivity contribution in [3.05, 3.63) is 0 Å². The van der Waals surface area contributed by atoms with Gasteiger partial charge in [0.15, 0.2) is 5.96 Å². The van der Waals surface area contributed by atoms with Gasteiger partial charge in [-0.2, -0.15) is 0 Å². The molecular weight excluding hydrogens is 443 g/mol. The van der Waals surface area contributed by atoms with E-state index < -0.39 is 0 Å². The Morgan fingerprint density at radius 1 is 1.00 bits per heavy atom. The van der Waals surface area contributed by atoms with Crippen LogP contribution in [0.2, 0.25) is 0 Å². The summed E-state index contributed by atoms with van der Waals surface area (Å²) < 4.78 is 5.92. The number of halogens is 1. The molecule has 2 aliphatic carbocycles. The fourth-order valence-corrected chi connectivity index (χ4v) is 3.67. The van der Waals surface area contributed by atoms with Gasteiger partial charge in [-0.1, -0.05) is 38.5 Å². The Morgan fingerprint density at radius 3 is 2.31 bits per heavy atom. The van der Waals surface area contributed by atoms with Crippen molar-refractivity contribution < 1.29 is 9.53 Å². The fourth-order valence-electron chi connectivity index (χ4n) is 3.67. The molecule has 1 amide bonds. The Morgan fingerprint density at radius 2 is 1.65 bits per heavy atom. The first-order valence-corrected chi connectivity index (χ1v) is 10.1. The average molecular weight is 480 g/mol. The van der Waals surface area contributed by atoms with Crippen molar-refractivity contribution in [1.29, 1.82) is 0 Å². The fraction of sp³-hybridized carbons (Fsp3) is 0.895. The predicted octanol–water partition coefficient (Wildman–Crippen LogP) is 2.96. The standard InChI is InChI=1S/C19H36N4O2.HI/c1-20-19(21-13-8-14-25-17-11-6-3-7-12-17)22-15-18(24)23-16-9-4-2-5-10-16;/h16-17H,2-15H2,1H3,(H,23,24)(H2,20,21,22);1H. The number of hydrogen-bond acceptors (Lipinski definition) is 3. The summed E-state index contributed by atoms with van der Waals surface area (Å²) in [6.07, 6.45) is 13.8. The van der Waals surface area contributed by atoms with Crippen molar-refractivity contribution in [1.82, 2.24) is 16.0 Å². The second-order valence-electron chi connectivity index (χ2n) is 7.24. The van der Waals surface area contributed by atoms with Gasteiger partial charge in [-0.25, -0.2) is 0 Å². The van der Waals surface area contributed by atoms with Crippen LogP contribution in [0.25, 0.3) is 0 Å². The third-order valence-electron chi connectivity index (χ3n) is 5.13. The molecule has 2 rings (SSSR count). The topological polar surface area (TPSA) is 74.8 Å². The van der Waals surface area contributed by atoms with Crippen LogP contribution in [-0.2, 0) is 9.53 Å². The van der Waals surface area contributed by atoms with Crippen LogP contribution in [-0.4, -0.2) is 50.8 Å². The van der Waals surface area contributed by atoms with Crippen LogP contribution in [0.1, 0.15) is 70.6 Å². The minimum Gasteiger partial charge on any atom is -0.378 e. The molecule has 0 unspecified atom stereocenters. The van der Waals surface area contributed by atoms with Crippen LogP contribution in [0.4, 0.5) is 0 Å². The molecule has 6 nitrogen and oxygen atoms in total. The van der Waals surface area contributed by atoms with E-state index in [0.717, 1.165) is 32.4 Å². The number of nitrogens with zero attached hydrogens (tertiary/aromatic N) is 1. The molecule has 0 saturated heterocycles. The Labute approximate surface area is 175 Å². The highest BCUT2D eigenvalue weighted by Crippen LogP contribution is 2.20. The summed E-state index contributed by atoms with van der Waals surface area (Å²) in [6, 6.07) is 0.356. The van der Waals surface area contributed by atoms with E-state index in [1.54, 1.807) is 7.05 Å². The molecule has 0 bridgehead atoms. The maximum absolute atomic E-state index is 12.0. The summed E-state index contributed by atoms with van der Waals surface area (Å²) >= 11 is 0. The quantitative estimate of drug-likeness (QED) is 0.216. The van der Waals surface area contributed by atoms with Crippen LogP contribution in [0, 0.1) is 0 Å². The zero-order chi connectivity index (χ0) is 17.7.